The Bertz CT molecular complexity index is 996. The third-order valence-electron chi connectivity index (χ3n) is 4.76. The fourth-order valence-electron chi connectivity index (χ4n) is 2.97. The SMILES string of the molecule is O=C(Nc1ccc(NC(=O)C2CC2)cc1)c1ccccc1COc1ccccc1. The van der Waals surface area contributed by atoms with Crippen molar-refractivity contribution in [2.24, 2.45) is 5.92 Å². The van der Waals surface area contributed by atoms with Crippen molar-refractivity contribution in [2.45, 2.75) is 19.4 Å². The summed E-state index contributed by atoms with van der Waals surface area (Å²) in [6, 6.07) is 24.0. The van der Waals surface area contributed by atoms with Gasteiger partial charge in [0.2, 0.25) is 5.91 Å². The Kier molecular flexibility index (Phi) is 5.56. The van der Waals surface area contributed by atoms with Gasteiger partial charge in [-0.05, 0) is 55.3 Å². The molecule has 0 aliphatic heterocycles. The lowest BCUT2D eigenvalue weighted by Gasteiger charge is -2.12. The summed E-state index contributed by atoms with van der Waals surface area (Å²) in [6.07, 6.45) is 1.93. The van der Waals surface area contributed by atoms with Crippen molar-refractivity contribution in [3.8, 4) is 5.75 Å². The number of rotatable bonds is 7. The monoisotopic (exact) mass is 386 g/mol. The first-order valence-corrected chi connectivity index (χ1v) is 9.67. The summed E-state index contributed by atoms with van der Waals surface area (Å²) in [5.74, 6) is 0.775. The van der Waals surface area contributed by atoms with Gasteiger partial charge >= 0.3 is 0 Å². The van der Waals surface area contributed by atoms with Gasteiger partial charge in [0.25, 0.3) is 5.91 Å². The summed E-state index contributed by atoms with van der Waals surface area (Å²) in [6.45, 7) is 0.305. The van der Waals surface area contributed by atoms with E-state index in [1.807, 2.05) is 48.5 Å². The van der Waals surface area contributed by atoms with Crippen LogP contribution >= 0.6 is 0 Å². The van der Waals surface area contributed by atoms with E-state index < -0.39 is 0 Å². The molecule has 0 radical (unpaired) electrons. The van der Waals surface area contributed by atoms with E-state index in [0.29, 0.717) is 17.9 Å². The average molecular weight is 386 g/mol. The van der Waals surface area contributed by atoms with E-state index >= 15 is 0 Å². The molecule has 5 nitrogen and oxygen atoms in total. The number of hydrogen-bond donors (Lipinski definition) is 2. The lowest BCUT2D eigenvalue weighted by molar-refractivity contribution is -0.117. The second-order valence-corrected chi connectivity index (χ2v) is 7.05. The molecule has 3 aromatic carbocycles. The second kappa shape index (κ2) is 8.61. The first-order chi connectivity index (χ1) is 14.2. The van der Waals surface area contributed by atoms with Crippen LogP contribution < -0.4 is 15.4 Å². The smallest absolute Gasteiger partial charge is 0.256 e. The number of benzene rings is 3. The minimum Gasteiger partial charge on any atom is -0.489 e. The Labute approximate surface area is 169 Å². The number of amides is 2. The lowest BCUT2D eigenvalue weighted by atomic mass is 10.1. The molecule has 3 aromatic rings. The Hall–Kier alpha value is -3.60. The van der Waals surface area contributed by atoms with Crippen molar-refractivity contribution >= 4 is 23.2 Å². The molecule has 5 heteroatoms. The average Bonchev–Trinajstić information content (AvgIpc) is 3.60. The zero-order valence-corrected chi connectivity index (χ0v) is 15.9. The molecule has 29 heavy (non-hydrogen) atoms. The van der Waals surface area contributed by atoms with Crippen molar-refractivity contribution in [2.75, 3.05) is 10.6 Å². The molecule has 1 saturated carbocycles. The Morgan fingerprint density at radius 2 is 1.41 bits per heavy atom. The molecule has 2 N–H and O–H groups in total. The van der Waals surface area contributed by atoms with Gasteiger partial charge in [-0.3, -0.25) is 9.59 Å². The van der Waals surface area contributed by atoms with Crippen molar-refractivity contribution in [3.63, 3.8) is 0 Å². The van der Waals surface area contributed by atoms with Gasteiger partial charge in [-0.25, -0.2) is 0 Å². The number of ether oxygens (including phenoxy) is 1. The number of nitrogens with one attached hydrogen (secondary N) is 2. The highest BCUT2D eigenvalue weighted by atomic mass is 16.5. The van der Waals surface area contributed by atoms with Crippen molar-refractivity contribution < 1.29 is 14.3 Å². The molecule has 0 aromatic heterocycles. The molecule has 4 rings (SSSR count). The van der Waals surface area contributed by atoms with Crippen molar-refractivity contribution in [1.29, 1.82) is 0 Å². The summed E-state index contributed by atoms with van der Waals surface area (Å²) < 4.78 is 5.79. The fraction of sp³-hybridized carbons (Fsp3) is 0.167. The molecule has 0 spiro atoms. The van der Waals surface area contributed by atoms with Gasteiger partial charge in [-0.1, -0.05) is 36.4 Å². The third kappa shape index (κ3) is 5.02. The van der Waals surface area contributed by atoms with Gasteiger partial charge in [0.05, 0.1) is 0 Å². The number of anilines is 2. The Balaban J connectivity index is 1.39. The van der Waals surface area contributed by atoms with E-state index in [4.69, 9.17) is 4.74 Å². The van der Waals surface area contributed by atoms with E-state index in [1.165, 1.54) is 0 Å². The van der Waals surface area contributed by atoms with Crippen LogP contribution in [-0.4, -0.2) is 11.8 Å². The highest BCUT2D eigenvalue weighted by molar-refractivity contribution is 6.05. The van der Waals surface area contributed by atoms with Crippen LogP contribution in [0.3, 0.4) is 0 Å². The normalized spacial score (nSPS) is 12.8. The van der Waals surface area contributed by atoms with E-state index in [0.717, 1.165) is 29.8 Å². The van der Waals surface area contributed by atoms with Crippen LogP contribution in [0.2, 0.25) is 0 Å². The number of carbonyl (C=O) groups is 2. The maximum atomic E-state index is 12.8. The molecule has 0 saturated heterocycles. The standard InChI is InChI=1S/C24H22N2O3/c27-23(17-10-11-17)25-19-12-14-20(15-13-19)26-24(28)22-9-5-4-6-18(22)16-29-21-7-2-1-3-8-21/h1-9,12-15,17H,10-11,16H2,(H,25,27)(H,26,28). The highest BCUT2D eigenvalue weighted by Gasteiger charge is 2.29. The van der Waals surface area contributed by atoms with Crippen molar-refractivity contribution in [3.05, 3.63) is 90.0 Å². The molecule has 0 atom stereocenters. The Morgan fingerprint density at radius 3 is 2.10 bits per heavy atom. The summed E-state index contributed by atoms with van der Waals surface area (Å²) >= 11 is 0. The molecule has 0 heterocycles. The second-order valence-electron chi connectivity index (χ2n) is 7.05. The molecule has 0 bridgehead atoms. The van der Waals surface area contributed by atoms with Gasteiger partial charge in [0, 0.05) is 28.4 Å². The van der Waals surface area contributed by atoms with Gasteiger partial charge in [0.15, 0.2) is 0 Å². The van der Waals surface area contributed by atoms with Gasteiger partial charge in [0.1, 0.15) is 12.4 Å². The minimum absolute atomic E-state index is 0.0640. The van der Waals surface area contributed by atoms with E-state index in [2.05, 4.69) is 10.6 Å². The van der Waals surface area contributed by atoms with Crippen LogP contribution in [0.25, 0.3) is 0 Å². The largest absolute Gasteiger partial charge is 0.489 e. The molecule has 2 amide bonds. The van der Waals surface area contributed by atoms with Gasteiger partial charge < -0.3 is 15.4 Å². The third-order valence-corrected chi connectivity index (χ3v) is 4.76. The molecule has 1 fully saturated rings. The fourth-order valence-corrected chi connectivity index (χ4v) is 2.97. The van der Waals surface area contributed by atoms with Crippen LogP contribution in [0.4, 0.5) is 11.4 Å². The van der Waals surface area contributed by atoms with Crippen LogP contribution in [0.5, 0.6) is 5.75 Å². The first-order valence-electron chi connectivity index (χ1n) is 9.67. The van der Waals surface area contributed by atoms with E-state index in [9.17, 15) is 9.59 Å². The van der Waals surface area contributed by atoms with Crippen LogP contribution in [0, 0.1) is 5.92 Å². The summed E-state index contributed by atoms with van der Waals surface area (Å²) in [5, 5.41) is 5.79. The summed E-state index contributed by atoms with van der Waals surface area (Å²) in [5.41, 5.74) is 2.77. The minimum atomic E-state index is -0.202. The quantitative estimate of drug-likeness (QED) is 0.609. The topological polar surface area (TPSA) is 67.4 Å². The van der Waals surface area contributed by atoms with E-state index in [1.54, 1.807) is 30.3 Å². The predicted octanol–water partition coefficient (Wildman–Crippen LogP) is 4.87. The molecule has 146 valence electrons. The van der Waals surface area contributed by atoms with E-state index in [-0.39, 0.29) is 17.7 Å². The van der Waals surface area contributed by atoms with Crippen molar-refractivity contribution in [1.82, 2.24) is 0 Å². The summed E-state index contributed by atoms with van der Waals surface area (Å²) in [4.78, 5) is 24.6. The number of hydrogen-bond acceptors (Lipinski definition) is 3. The summed E-state index contributed by atoms with van der Waals surface area (Å²) in [7, 11) is 0. The molecule has 0 unspecified atom stereocenters. The van der Waals surface area contributed by atoms with Gasteiger partial charge in [-0.15, -0.1) is 0 Å². The zero-order valence-electron chi connectivity index (χ0n) is 15.9. The van der Waals surface area contributed by atoms with Crippen LogP contribution in [-0.2, 0) is 11.4 Å². The highest BCUT2D eigenvalue weighted by Crippen LogP contribution is 2.30. The Morgan fingerprint density at radius 1 is 0.793 bits per heavy atom. The zero-order chi connectivity index (χ0) is 20.1. The maximum absolute atomic E-state index is 12.8. The number of carbonyl (C=O) groups excluding carboxylic acids is 2. The predicted molar refractivity (Wildman–Crippen MR) is 113 cm³/mol. The maximum Gasteiger partial charge on any atom is 0.256 e. The molecule has 1 aliphatic carbocycles. The number of para-hydroxylation sites is 1. The van der Waals surface area contributed by atoms with Crippen LogP contribution in [0.1, 0.15) is 28.8 Å². The van der Waals surface area contributed by atoms with Crippen LogP contribution in [0.15, 0.2) is 78.9 Å². The van der Waals surface area contributed by atoms with Gasteiger partial charge in [-0.2, -0.15) is 0 Å². The lowest BCUT2D eigenvalue weighted by Crippen LogP contribution is -2.15. The molecule has 1 aliphatic rings. The molecular formula is C24H22N2O3. The molecular weight excluding hydrogens is 364 g/mol. The first kappa shape index (κ1) is 18.7.